The minimum atomic E-state index is 0.338. The van der Waals surface area contributed by atoms with Gasteiger partial charge < -0.3 is 15.0 Å². The Balaban J connectivity index is 1.64. The van der Waals surface area contributed by atoms with Gasteiger partial charge in [-0.15, -0.1) is 11.3 Å². The third kappa shape index (κ3) is 3.89. The third-order valence-corrected chi connectivity index (χ3v) is 4.01. The van der Waals surface area contributed by atoms with Gasteiger partial charge >= 0.3 is 0 Å². The molecule has 1 saturated heterocycles. The maximum Gasteiger partial charge on any atom is 0.227 e. The van der Waals surface area contributed by atoms with Gasteiger partial charge in [0.15, 0.2) is 0 Å². The molecule has 21 heavy (non-hydrogen) atoms. The van der Waals surface area contributed by atoms with Gasteiger partial charge in [0, 0.05) is 25.2 Å². The lowest BCUT2D eigenvalue weighted by Crippen LogP contribution is -2.30. The summed E-state index contributed by atoms with van der Waals surface area (Å²) in [5, 5.41) is 5.46. The quantitative estimate of drug-likeness (QED) is 0.913. The van der Waals surface area contributed by atoms with Crippen LogP contribution in [0.25, 0.3) is 0 Å². The van der Waals surface area contributed by atoms with Gasteiger partial charge in [-0.1, -0.05) is 0 Å². The van der Waals surface area contributed by atoms with E-state index in [1.165, 1.54) is 0 Å². The topological polar surface area (TPSA) is 63.2 Å². The fraction of sp³-hybridized carbons (Fsp3) is 0.500. The fourth-order valence-corrected chi connectivity index (χ4v) is 2.86. The molecule has 0 aliphatic carbocycles. The normalized spacial score (nSPS) is 18.4. The number of nitrogens with one attached hydrogen (secondary N) is 1. The van der Waals surface area contributed by atoms with Crippen molar-refractivity contribution in [2.24, 2.45) is 0 Å². The van der Waals surface area contributed by atoms with Crippen LogP contribution >= 0.6 is 11.3 Å². The molecule has 0 spiro atoms. The molecule has 0 amide bonds. The zero-order valence-electron chi connectivity index (χ0n) is 12.0. The van der Waals surface area contributed by atoms with Crippen LogP contribution in [0, 0.1) is 0 Å². The molecule has 1 unspecified atom stereocenters. The standard InChI is InChI=1S/C14H19N5OS/c1-19(7-12-9-21-10-16-12)14-15-5-4-13(18-14)17-11-3-2-6-20-8-11/h4-5,9-11H,2-3,6-8H2,1H3,(H,15,17,18). The summed E-state index contributed by atoms with van der Waals surface area (Å²) in [6.07, 6.45) is 4.00. The molecule has 2 aromatic rings. The van der Waals surface area contributed by atoms with Crippen LogP contribution in [0.1, 0.15) is 18.5 Å². The molecule has 1 atom stereocenters. The summed E-state index contributed by atoms with van der Waals surface area (Å²) in [6.45, 7) is 2.32. The average Bonchev–Trinajstić information content (AvgIpc) is 3.01. The van der Waals surface area contributed by atoms with Crippen molar-refractivity contribution in [3.8, 4) is 0 Å². The largest absolute Gasteiger partial charge is 0.379 e. The number of anilines is 2. The predicted molar refractivity (Wildman–Crippen MR) is 83.7 cm³/mol. The van der Waals surface area contributed by atoms with E-state index in [9.17, 15) is 0 Å². The molecule has 0 bridgehead atoms. The molecule has 3 heterocycles. The Hall–Kier alpha value is -1.73. The second-order valence-corrected chi connectivity index (χ2v) is 5.85. The van der Waals surface area contributed by atoms with E-state index in [0.717, 1.165) is 37.6 Å². The first-order valence-electron chi connectivity index (χ1n) is 7.07. The minimum Gasteiger partial charge on any atom is -0.379 e. The van der Waals surface area contributed by atoms with Crippen molar-refractivity contribution in [3.63, 3.8) is 0 Å². The van der Waals surface area contributed by atoms with Crippen molar-refractivity contribution in [1.29, 1.82) is 0 Å². The summed E-state index contributed by atoms with van der Waals surface area (Å²) >= 11 is 1.60. The maximum atomic E-state index is 5.48. The van der Waals surface area contributed by atoms with Gasteiger partial charge in [0.25, 0.3) is 0 Å². The van der Waals surface area contributed by atoms with Crippen molar-refractivity contribution in [2.45, 2.75) is 25.4 Å². The number of thiazole rings is 1. The molecule has 1 aliphatic heterocycles. The average molecular weight is 305 g/mol. The van der Waals surface area contributed by atoms with Gasteiger partial charge in [0.2, 0.25) is 5.95 Å². The number of ether oxygens (including phenoxy) is 1. The highest BCUT2D eigenvalue weighted by Crippen LogP contribution is 2.16. The van der Waals surface area contributed by atoms with Gasteiger partial charge in [-0.05, 0) is 18.9 Å². The zero-order valence-corrected chi connectivity index (χ0v) is 12.8. The molecule has 112 valence electrons. The van der Waals surface area contributed by atoms with Gasteiger partial charge in [-0.2, -0.15) is 4.98 Å². The van der Waals surface area contributed by atoms with E-state index in [2.05, 4.69) is 20.3 Å². The van der Waals surface area contributed by atoms with E-state index >= 15 is 0 Å². The lowest BCUT2D eigenvalue weighted by Gasteiger charge is -2.24. The molecule has 1 N–H and O–H groups in total. The van der Waals surface area contributed by atoms with E-state index in [4.69, 9.17) is 4.74 Å². The monoisotopic (exact) mass is 305 g/mol. The summed E-state index contributed by atoms with van der Waals surface area (Å²) in [4.78, 5) is 15.2. The van der Waals surface area contributed by atoms with Crippen molar-refractivity contribution in [2.75, 3.05) is 30.5 Å². The first kappa shape index (κ1) is 14.2. The number of aromatic nitrogens is 3. The highest BCUT2D eigenvalue weighted by Gasteiger charge is 2.15. The highest BCUT2D eigenvalue weighted by atomic mass is 32.1. The molecule has 7 heteroatoms. The van der Waals surface area contributed by atoms with Crippen LogP contribution < -0.4 is 10.2 Å². The maximum absolute atomic E-state index is 5.48. The van der Waals surface area contributed by atoms with Crippen LogP contribution in [-0.4, -0.2) is 41.3 Å². The van der Waals surface area contributed by atoms with Crippen LogP contribution in [0.2, 0.25) is 0 Å². The first-order chi connectivity index (χ1) is 10.3. The first-order valence-corrected chi connectivity index (χ1v) is 8.01. The van der Waals surface area contributed by atoms with Gasteiger partial charge in [-0.25, -0.2) is 9.97 Å². The second kappa shape index (κ2) is 6.82. The Kier molecular flexibility index (Phi) is 4.62. The molecular formula is C14H19N5OS. The van der Waals surface area contributed by atoms with E-state index in [1.807, 2.05) is 28.9 Å². The number of nitrogens with zero attached hydrogens (tertiary/aromatic N) is 4. The lowest BCUT2D eigenvalue weighted by molar-refractivity contribution is 0.0875. The summed E-state index contributed by atoms with van der Waals surface area (Å²) in [6, 6.07) is 2.24. The van der Waals surface area contributed by atoms with Crippen molar-refractivity contribution in [3.05, 3.63) is 28.8 Å². The second-order valence-electron chi connectivity index (χ2n) is 5.14. The van der Waals surface area contributed by atoms with E-state index in [0.29, 0.717) is 18.5 Å². The van der Waals surface area contributed by atoms with Crippen molar-refractivity contribution < 1.29 is 4.74 Å². The third-order valence-electron chi connectivity index (χ3n) is 3.38. The number of rotatable bonds is 5. The Labute approximate surface area is 128 Å². The summed E-state index contributed by atoms with van der Waals surface area (Å²) in [7, 11) is 1.97. The van der Waals surface area contributed by atoms with E-state index < -0.39 is 0 Å². The predicted octanol–water partition coefficient (Wildman–Crippen LogP) is 2.16. The van der Waals surface area contributed by atoms with Crippen LogP contribution in [-0.2, 0) is 11.3 Å². The minimum absolute atomic E-state index is 0.338. The molecule has 0 saturated carbocycles. The number of hydrogen-bond donors (Lipinski definition) is 1. The van der Waals surface area contributed by atoms with Crippen molar-refractivity contribution in [1.82, 2.24) is 15.0 Å². The molecule has 1 aliphatic rings. The van der Waals surface area contributed by atoms with Gasteiger partial charge in [0.05, 0.1) is 30.4 Å². The highest BCUT2D eigenvalue weighted by molar-refractivity contribution is 7.07. The Bertz CT molecular complexity index is 556. The van der Waals surface area contributed by atoms with Crippen molar-refractivity contribution >= 4 is 23.1 Å². The molecule has 0 radical (unpaired) electrons. The van der Waals surface area contributed by atoms with Crippen LogP contribution in [0.4, 0.5) is 11.8 Å². The molecule has 6 nitrogen and oxygen atoms in total. The molecular weight excluding hydrogens is 286 g/mol. The lowest BCUT2D eigenvalue weighted by atomic mass is 10.1. The van der Waals surface area contributed by atoms with Crippen LogP contribution in [0.3, 0.4) is 0 Å². The molecule has 2 aromatic heterocycles. The van der Waals surface area contributed by atoms with Crippen LogP contribution in [0.15, 0.2) is 23.2 Å². The van der Waals surface area contributed by atoms with Crippen LogP contribution in [0.5, 0.6) is 0 Å². The zero-order chi connectivity index (χ0) is 14.5. The molecule has 3 rings (SSSR count). The summed E-state index contributed by atoms with van der Waals surface area (Å²) in [5.41, 5.74) is 2.87. The van der Waals surface area contributed by atoms with E-state index in [1.54, 1.807) is 17.5 Å². The van der Waals surface area contributed by atoms with E-state index in [-0.39, 0.29) is 0 Å². The Morgan fingerprint density at radius 3 is 3.19 bits per heavy atom. The Morgan fingerprint density at radius 1 is 1.48 bits per heavy atom. The van der Waals surface area contributed by atoms with Gasteiger partial charge in [0.1, 0.15) is 5.82 Å². The smallest absolute Gasteiger partial charge is 0.227 e. The fourth-order valence-electron chi connectivity index (χ4n) is 2.31. The molecule has 0 aromatic carbocycles. The SMILES string of the molecule is CN(Cc1cscn1)c1nccc(NC2CCCOC2)n1. The molecule has 1 fully saturated rings. The van der Waals surface area contributed by atoms with Gasteiger partial charge in [-0.3, -0.25) is 0 Å². The Morgan fingerprint density at radius 2 is 2.43 bits per heavy atom. The summed E-state index contributed by atoms with van der Waals surface area (Å²) < 4.78 is 5.48. The number of hydrogen-bond acceptors (Lipinski definition) is 7. The summed E-state index contributed by atoms with van der Waals surface area (Å²) in [5.74, 6) is 1.55.